The van der Waals surface area contributed by atoms with Gasteiger partial charge in [-0.05, 0) is 36.3 Å². The normalized spacial score (nSPS) is 12.0. The van der Waals surface area contributed by atoms with Crippen LogP contribution in [0.3, 0.4) is 0 Å². The van der Waals surface area contributed by atoms with E-state index in [4.69, 9.17) is 0 Å². The lowest BCUT2D eigenvalue weighted by Gasteiger charge is -2.24. The number of nitrogens with one attached hydrogen (secondary N) is 1. The van der Waals surface area contributed by atoms with Crippen molar-refractivity contribution in [1.82, 2.24) is 10.2 Å². The van der Waals surface area contributed by atoms with Gasteiger partial charge < -0.3 is 10.2 Å². The Hall–Kier alpha value is -2.88. The minimum absolute atomic E-state index is 0.000948. The molecule has 0 aliphatic heterocycles. The van der Waals surface area contributed by atoms with E-state index in [9.17, 15) is 9.59 Å². The largest absolute Gasteiger partial charge is 0.355 e. The molecule has 124 valence electrons. The summed E-state index contributed by atoms with van der Waals surface area (Å²) >= 11 is 0. The second-order valence-corrected chi connectivity index (χ2v) is 5.57. The van der Waals surface area contributed by atoms with E-state index >= 15 is 0 Å². The lowest BCUT2D eigenvalue weighted by Crippen LogP contribution is -2.27. The van der Waals surface area contributed by atoms with E-state index < -0.39 is 0 Å². The first kappa shape index (κ1) is 17.5. The second-order valence-electron chi connectivity index (χ2n) is 5.57. The van der Waals surface area contributed by atoms with Crippen LogP contribution in [0.2, 0.25) is 0 Å². The predicted molar refractivity (Wildman–Crippen MR) is 96.5 cm³/mol. The summed E-state index contributed by atoms with van der Waals surface area (Å²) in [6.45, 7) is 2.00. The fraction of sp³-hybridized carbons (Fsp3) is 0.200. The number of hydrogen-bond acceptors (Lipinski definition) is 2. The molecule has 1 N–H and O–H groups in total. The maximum absolute atomic E-state index is 12.3. The van der Waals surface area contributed by atoms with Gasteiger partial charge in [0.05, 0.1) is 6.04 Å². The van der Waals surface area contributed by atoms with Gasteiger partial charge in [0.25, 0.3) is 5.91 Å². The van der Waals surface area contributed by atoms with Crippen molar-refractivity contribution in [2.75, 3.05) is 14.1 Å². The van der Waals surface area contributed by atoms with Gasteiger partial charge >= 0.3 is 0 Å². The molecule has 0 heterocycles. The predicted octanol–water partition coefficient (Wildman–Crippen LogP) is 3.28. The van der Waals surface area contributed by atoms with Gasteiger partial charge in [0.2, 0.25) is 5.91 Å². The Morgan fingerprint density at radius 2 is 1.67 bits per heavy atom. The van der Waals surface area contributed by atoms with Crippen molar-refractivity contribution < 1.29 is 9.59 Å². The Morgan fingerprint density at radius 3 is 2.25 bits per heavy atom. The summed E-state index contributed by atoms with van der Waals surface area (Å²) in [7, 11) is 3.39. The maximum atomic E-state index is 12.3. The highest BCUT2D eigenvalue weighted by Gasteiger charge is 2.14. The molecule has 0 fully saturated rings. The molecule has 4 heteroatoms. The molecule has 0 saturated heterocycles. The van der Waals surface area contributed by atoms with Gasteiger partial charge in [-0.25, -0.2) is 0 Å². The van der Waals surface area contributed by atoms with Gasteiger partial charge in [-0.15, -0.1) is 0 Å². The minimum Gasteiger partial charge on any atom is -0.355 e. The maximum Gasteiger partial charge on any atom is 0.251 e. The van der Waals surface area contributed by atoms with Crippen LogP contribution in [0.5, 0.6) is 0 Å². The molecule has 0 bridgehead atoms. The molecule has 1 unspecified atom stereocenters. The van der Waals surface area contributed by atoms with Crippen LogP contribution < -0.4 is 5.32 Å². The molecule has 0 aliphatic carbocycles. The van der Waals surface area contributed by atoms with Gasteiger partial charge in [0, 0.05) is 25.7 Å². The second kappa shape index (κ2) is 8.11. The van der Waals surface area contributed by atoms with Gasteiger partial charge in [0.1, 0.15) is 0 Å². The molecule has 2 aromatic carbocycles. The zero-order valence-corrected chi connectivity index (χ0v) is 14.2. The van der Waals surface area contributed by atoms with Crippen LogP contribution in [0.15, 0.2) is 60.7 Å². The van der Waals surface area contributed by atoms with Crippen LogP contribution in [-0.4, -0.2) is 30.8 Å². The molecule has 0 aromatic heterocycles. The first-order valence-corrected chi connectivity index (χ1v) is 7.85. The van der Waals surface area contributed by atoms with Crippen LogP contribution in [0.4, 0.5) is 0 Å². The number of amides is 2. The number of hydrogen-bond donors (Lipinski definition) is 1. The molecule has 0 radical (unpaired) electrons. The zero-order valence-electron chi connectivity index (χ0n) is 14.2. The summed E-state index contributed by atoms with van der Waals surface area (Å²) < 4.78 is 0. The lowest BCUT2D eigenvalue weighted by atomic mass is 10.1. The molecule has 2 rings (SSSR count). The average molecular weight is 322 g/mol. The highest BCUT2D eigenvalue weighted by molar-refractivity contribution is 5.94. The molecule has 24 heavy (non-hydrogen) atoms. The number of rotatable bonds is 5. The van der Waals surface area contributed by atoms with E-state index in [0.717, 1.165) is 11.1 Å². The van der Waals surface area contributed by atoms with Crippen molar-refractivity contribution in [1.29, 1.82) is 0 Å². The lowest BCUT2D eigenvalue weighted by molar-refractivity contribution is -0.126. The Bertz CT molecular complexity index is 721. The Kier molecular flexibility index (Phi) is 5.90. The van der Waals surface area contributed by atoms with E-state index in [2.05, 4.69) is 5.32 Å². The van der Waals surface area contributed by atoms with Gasteiger partial charge in [-0.3, -0.25) is 9.59 Å². The van der Waals surface area contributed by atoms with Crippen LogP contribution in [0, 0.1) is 0 Å². The Balaban J connectivity index is 2.03. The van der Waals surface area contributed by atoms with E-state index in [1.165, 1.54) is 0 Å². The van der Waals surface area contributed by atoms with Crippen LogP contribution >= 0.6 is 0 Å². The van der Waals surface area contributed by atoms with Crippen molar-refractivity contribution in [2.45, 2.75) is 13.0 Å². The number of likely N-dealkylation sites (N-methyl/N-ethyl adjacent to an activating group) is 1. The Labute approximate surface area is 142 Å². The van der Waals surface area contributed by atoms with E-state index in [1.807, 2.05) is 49.4 Å². The van der Waals surface area contributed by atoms with Crippen molar-refractivity contribution in [2.24, 2.45) is 0 Å². The fourth-order valence-corrected chi connectivity index (χ4v) is 2.32. The molecular formula is C20H22N2O2. The fourth-order valence-electron chi connectivity index (χ4n) is 2.32. The van der Waals surface area contributed by atoms with Crippen LogP contribution in [0.25, 0.3) is 6.08 Å². The quantitative estimate of drug-likeness (QED) is 0.859. The summed E-state index contributed by atoms with van der Waals surface area (Å²) in [6.07, 6.45) is 3.30. The Morgan fingerprint density at radius 1 is 1.04 bits per heavy atom. The van der Waals surface area contributed by atoms with E-state index in [1.54, 1.807) is 43.3 Å². The third-order valence-corrected chi connectivity index (χ3v) is 4.03. The van der Waals surface area contributed by atoms with Gasteiger partial charge in [-0.1, -0.05) is 42.5 Å². The first-order valence-electron chi connectivity index (χ1n) is 7.85. The molecule has 1 atom stereocenters. The number of carbonyl (C=O) groups is 2. The van der Waals surface area contributed by atoms with E-state index in [0.29, 0.717) is 5.56 Å². The zero-order chi connectivity index (χ0) is 17.5. The smallest absolute Gasteiger partial charge is 0.251 e. The average Bonchev–Trinajstić information content (AvgIpc) is 2.65. The number of nitrogens with zero attached hydrogens (tertiary/aromatic N) is 1. The summed E-state index contributed by atoms with van der Waals surface area (Å²) in [5.74, 6) is -0.195. The van der Waals surface area contributed by atoms with Crippen LogP contribution in [-0.2, 0) is 4.79 Å². The third kappa shape index (κ3) is 4.32. The summed E-state index contributed by atoms with van der Waals surface area (Å²) in [5.41, 5.74) is 2.56. The number of benzene rings is 2. The SMILES string of the molecule is CNC(=O)c1ccc(/C=C/C(=O)N(C)C(C)c2ccccc2)cc1. The molecule has 4 nitrogen and oxygen atoms in total. The van der Waals surface area contributed by atoms with Gasteiger partial charge in [-0.2, -0.15) is 0 Å². The van der Waals surface area contributed by atoms with Crippen LogP contribution in [0.1, 0.15) is 34.5 Å². The first-order chi connectivity index (χ1) is 11.5. The van der Waals surface area contributed by atoms with Crippen molar-refractivity contribution >= 4 is 17.9 Å². The van der Waals surface area contributed by atoms with Crippen molar-refractivity contribution in [3.8, 4) is 0 Å². The molecule has 0 saturated carbocycles. The highest BCUT2D eigenvalue weighted by atomic mass is 16.2. The minimum atomic E-state index is -0.127. The van der Waals surface area contributed by atoms with Crippen molar-refractivity contribution in [3.05, 3.63) is 77.4 Å². The third-order valence-electron chi connectivity index (χ3n) is 4.03. The summed E-state index contributed by atoms with van der Waals surface area (Å²) in [5, 5.41) is 2.58. The van der Waals surface area contributed by atoms with Crippen molar-refractivity contribution in [3.63, 3.8) is 0 Å². The van der Waals surface area contributed by atoms with E-state index in [-0.39, 0.29) is 17.9 Å². The standard InChI is InChI=1S/C20H22N2O2/c1-15(17-7-5-4-6-8-17)22(3)19(23)14-11-16-9-12-18(13-10-16)20(24)21-2/h4-15H,1-3H3,(H,21,24)/b14-11+. The summed E-state index contributed by atoms with van der Waals surface area (Å²) in [4.78, 5) is 25.5. The topological polar surface area (TPSA) is 49.4 Å². The number of carbonyl (C=O) groups excluding carboxylic acids is 2. The molecule has 2 amide bonds. The van der Waals surface area contributed by atoms with Gasteiger partial charge in [0.15, 0.2) is 0 Å². The monoisotopic (exact) mass is 322 g/mol. The summed E-state index contributed by atoms with van der Waals surface area (Å²) in [6, 6.07) is 17.0. The molecule has 0 aliphatic rings. The molecular weight excluding hydrogens is 300 g/mol. The molecule has 2 aromatic rings. The molecule has 0 spiro atoms. The highest BCUT2D eigenvalue weighted by Crippen LogP contribution is 2.18.